The maximum absolute atomic E-state index is 14.5. The first-order chi connectivity index (χ1) is 18.6. The molecule has 0 aromatic heterocycles. The third-order valence-electron chi connectivity index (χ3n) is 6.98. The standard InChI is InChI=1S/C31H45N3O6/c1-10-20(3)25(33-29(38)40-30(4,5)6)28(37)34(31(7,8)11-2)26(21-12-16-23(35)17-13-21)27(36)32-22-14-18-24(39-9)19-15-22/h12-20,25-26,35H,10-11H2,1-9H3,(H,32,36)(H,33,38). The van der Waals surface area contributed by atoms with E-state index in [1.165, 1.54) is 12.1 Å². The number of anilines is 1. The maximum atomic E-state index is 14.5. The molecule has 0 spiro atoms. The fourth-order valence-corrected chi connectivity index (χ4v) is 4.17. The number of carbonyl (C=O) groups is 3. The van der Waals surface area contributed by atoms with Crippen molar-refractivity contribution in [1.29, 1.82) is 0 Å². The van der Waals surface area contributed by atoms with Gasteiger partial charge in [-0.05, 0) is 88.9 Å². The van der Waals surface area contributed by atoms with Crippen LogP contribution in [0.1, 0.15) is 79.8 Å². The first-order valence-electron chi connectivity index (χ1n) is 13.7. The summed E-state index contributed by atoms with van der Waals surface area (Å²) in [4.78, 5) is 42.9. The smallest absolute Gasteiger partial charge is 0.408 e. The van der Waals surface area contributed by atoms with Gasteiger partial charge in [0.15, 0.2) is 0 Å². The van der Waals surface area contributed by atoms with Crippen molar-refractivity contribution < 1.29 is 29.0 Å². The second kappa shape index (κ2) is 13.5. The molecular weight excluding hydrogens is 510 g/mol. The predicted molar refractivity (Wildman–Crippen MR) is 156 cm³/mol. The van der Waals surface area contributed by atoms with Gasteiger partial charge in [0.05, 0.1) is 7.11 Å². The summed E-state index contributed by atoms with van der Waals surface area (Å²) in [7, 11) is 1.56. The third kappa shape index (κ3) is 8.63. The number of methoxy groups -OCH3 is 1. The van der Waals surface area contributed by atoms with E-state index in [1.54, 1.807) is 69.2 Å². The largest absolute Gasteiger partial charge is 0.508 e. The number of alkyl carbamates (subject to hydrolysis) is 1. The Kier molecular flexibility index (Phi) is 11.0. The number of aromatic hydroxyl groups is 1. The first-order valence-corrected chi connectivity index (χ1v) is 13.7. The predicted octanol–water partition coefficient (Wildman–Crippen LogP) is 6.04. The Labute approximate surface area is 238 Å². The molecule has 3 N–H and O–H groups in total. The lowest BCUT2D eigenvalue weighted by Gasteiger charge is -2.45. The van der Waals surface area contributed by atoms with Crippen LogP contribution in [0.3, 0.4) is 0 Å². The van der Waals surface area contributed by atoms with Gasteiger partial charge in [-0.2, -0.15) is 0 Å². The summed E-state index contributed by atoms with van der Waals surface area (Å²) in [5.74, 6) is -0.419. The van der Waals surface area contributed by atoms with Crippen LogP contribution in [0.5, 0.6) is 11.5 Å². The lowest BCUT2D eigenvalue weighted by Crippen LogP contribution is -2.60. The van der Waals surface area contributed by atoms with Crippen molar-refractivity contribution in [2.45, 2.75) is 91.5 Å². The number of amides is 3. The molecule has 0 saturated heterocycles. The van der Waals surface area contributed by atoms with Crippen LogP contribution in [-0.4, -0.2) is 52.2 Å². The second-order valence-corrected chi connectivity index (χ2v) is 11.6. The van der Waals surface area contributed by atoms with Crippen molar-refractivity contribution in [2.75, 3.05) is 12.4 Å². The molecule has 40 heavy (non-hydrogen) atoms. The van der Waals surface area contributed by atoms with E-state index < -0.39 is 41.1 Å². The van der Waals surface area contributed by atoms with Crippen LogP contribution in [0, 0.1) is 5.92 Å². The minimum Gasteiger partial charge on any atom is -0.508 e. The number of nitrogens with zero attached hydrogens (tertiary/aromatic N) is 1. The van der Waals surface area contributed by atoms with Gasteiger partial charge in [-0.25, -0.2) is 4.79 Å². The summed E-state index contributed by atoms with van der Waals surface area (Å²) < 4.78 is 10.7. The van der Waals surface area contributed by atoms with Crippen LogP contribution in [-0.2, 0) is 14.3 Å². The number of phenolic OH excluding ortho intramolecular Hbond substituents is 1. The average Bonchev–Trinajstić information content (AvgIpc) is 2.89. The van der Waals surface area contributed by atoms with Crippen LogP contribution in [0.2, 0.25) is 0 Å². The third-order valence-corrected chi connectivity index (χ3v) is 6.98. The van der Waals surface area contributed by atoms with Gasteiger partial charge in [-0.15, -0.1) is 0 Å². The van der Waals surface area contributed by atoms with Gasteiger partial charge in [0, 0.05) is 11.2 Å². The van der Waals surface area contributed by atoms with E-state index in [2.05, 4.69) is 10.6 Å². The number of ether oxygens (including phenoxy) is 2. The van der Waals surface area contributed by atoms with Gasteiger partial charge in [0.2, 0.25) is 5.91 Å². The van der Waals surface area contributed by atoms with E-state index >= 15 is 0 Å². The van der Waals surface area contributed by atoms with E-state index in [1.807, 2.05) is 34.6 Å². The summed E-state index contributed by atoms with van der Waals surface area (Å²) in [5, 5.41) is 15.7. The van der Waals surface area contributed by atoms with Gasteiger partial charge in [0.25, 0.3) is 5.91 Å². The molecule has 3 unspecified atom stereocenters. The molecule has 0 bridgehead atoms. The van der Waals surface area contributed by atoms with Crippen molar-refractivity contribution >= 4 is 23.6 Å². The van der Waals surface area contributed by atoms with Crippen LogP contribution in [0.15, 0.2) is 48.5 Å². The molecule has 0 fully saturated rings. The molecule has 0 aliphatic carbocycles. The zero-order valence-electron chi connectivity index (χ0n) is 25.2. The Balaban J connectivity index is 2.63. The van der Waals surface area contributed by atoms with Crippen molar-refractivity contribution in [3.8, 4) is 11.5 Å². The quantitative estimate of drug-likeness (QED) is 0.311. The lowest BCUT2D eigenvalue weighted by atomic mass is 9.89. The highest BCUT2D eigenvalue weighted by Gasteiger charge is 2.44. The molecule has 9 heteroatoms. The molecule has 0 heterocycles. The highest BCUT2D eigenvalue weighted by atomic mass is 16.6. The normalized spacial score (nSPS) is 13.9. The molecular formula is C31H45N3O6. The van der Waals surface area contributed by atoms with Crippen LogP contribution < -0.4 is 15.4 Å². The summed E-state index contributed by atoms with van der Waals surface area (Å²) in [5.41, 5.74) is -0.499. The minimum atomic E-state index is -1.07. The average molecular weight is 556 g/mol. The van der Waals surface area contributed by atoms with E-state index in [-0.39, 0.29) is 11.7 Å². The summed E-state index contributed by atoms with van der Waals surface area (Å²) in [6.45, 7) is 14.8. The van der Waals surface area contributed by atoms with E-state index in [0.717, 1.165) is 0 Å². The van der Waals surface area contributed by atoms with Crippen molar-refractivity contribution in [3.63, 3.8) is 0 Å². The molecule has 0 aliphatic rings. The van der Waals surface area contributed by atoms with Crippen LogP contribution in [0.4, 0.5) is 10.5 Å². The van der Waals surface area contributed by atoms with Gasteiger partial charge < -0.3 is 30.1 Å². The Hall–Kier alpha value is -3.75. The van der Waals surface area contributed by atoms with Crippen molar-refractivity contribution in [3.05, 3.63) is 54.1 Å². The van der Waals surface area contributed by atoms with E-state index in [0.29, 0.717) is 29.8 Å². The zero-order valence-corrected chi connectivity index (χ0v) is 25.2. The van der Waals surface area contributed by atoms with Crippen molar-refractivity contribution in [1.82, 2.24) is 10.2 Å². The van der Waals surface area contributed by atoms with Crippen LogP contribution in [0.25, 0.3) is 0 Å². The highest BCUT2D eigenvalue weighted by Crippen LogP contribution is 2.34. The fourth-order valence-electron chi connectivity index (χ4n) is 4.17. The molecule has 2 aromatic carbocycles. The molecule has 2 rings (SSSR count). The monoisotopic (exact) mass is 555 g/mol. The Morgan fingerprint density at radius 2 is 1.52 bits per heavy atom. The fraction of sp³-hybridized carbons (Fsp3) is 0.516. The minimum absolute atomic E-state index is 0.0368. The number of phenols is 1. The van der Waals surface area contributed by atoms with Gasteiger partial charge >= 0.3 is 6.09 Å². The van der Waals surface area contributed by atoms with E-state index in [9.17, 15) is 19.5 Å². The van der Waals surface area contributed by atoms with Gasteiger partial charge in [0.1, 0.15) is 29.2 Å². The number of nitrogens with one attached hydrogen (secondary N) is 2. The highest BCUT2D eigenvalue weighted by molar-refractivity contribution is 5.99. The number of rotatable bonds is 11. The van der Waals surface area contributed by atoms with E-state index in [4.69, 9.17) is 9.47 Å². The molecule has 0 aliphatic heterocycles. The summed E-state index contributed by atoms with van der Waals surface area (Å²) in [6.07, 6.45) is 0.432. The van der Waals surface area contributed by atoms with Crippen LogP contribution >= 0.6 is 0 Å². The SMILES string of the molecule is CCC(C)C(NC(=O)OC(C)(C)C)C(=O)N(C(C(=O)Nc1ccc(OC)cc1)c1ccc(O)cc1)C(C)(C)CC. The topological polar surface area (TPSA) is 117 Å². The first kappa shape index (κ1) is 32.5. The Morgan fingerprint density at radius 3 is 2.00 bits per heavy atom. The van der Waals surface area contributed by atoms with Gasteiger partial charge in [-0.3, -0.25) is 9.59 Å². The number of hydrogen-bond donors (Lipinski definition) is 3. The molecule has 9 nitrogen and oxygen atoms in total. The summed E-state index contributed by atoms with van der Waals surface area (Å²) >= 11 is 0. The molecule has 0 saturated carbocycles. The number of hydrogen-bond acceptors (Lipinski definition) is 6. The molecule has 3 amide bonds. The zero-order chi connectivity index (χ0) is 30.3. The second-order valence-electron chi connectivity index (χ2n) is 11.6. The Morgan fingerprint density at radius 1 is 0.950 bits per heavy atom. The molecule has 2 aromatic rings. The summed E-state index contributed by atoms with van der Waals surface area (Å²) in [6, 6.07) is 11.1. The Bertz CT molecular complexity index is 1140. The maximum Gasteiger partial charge on any atom is 0.408 e. The van der Waals surface area contributed by atoms with Crippen molar-refractivity contribution in [2.24, 2.45) is 5.92 Å². The number of benzene rings is 2. The molecule has 220 valence electrons. The number of carbonyl (C=O) groups excluding carboxylic acids is 3. The molecule has 3 atom stereocenters. The molecule has 0 radical (unpaired) electrons. The van der Waals surface area contributed by atoms with Gasteiger partial charge in [-0.1, -0.05) is 39.3 Å². The lowest BCUT2D eigenvalue weighted by molar-refractivity contribution is -0.148.